The number of cyclic esters (lactones) is 1. The molecule has 0 saturated carbocycles. The minimum Gasteiger partial charge on any atom is -0.464 e. The van der Waals surface area contributed by atoms with Gasteiger partial charge < -0.3 is 34.1 Å². The average Bonchev–Trinajstić information content (AvgIpc) is 3.88. The van der Waals surface area contributed by atoms with E-state index in [0.717, 1.165) is 57.5 Å². The number of carbonyl (C=O) groups excluding carboxylic acids is 4. The van der Waals surface area contributed by atoms with Crippen molar-refractivity contribution in [2.24, 2.45) is 11.3 Å². The normalized spacial score (nSPS) is 20.1. The zero-order valence-corrected chi connectivity index (χ0v) is 47.6. The second-order valence-corrected chi connectivity index (χ2v) is 20.0. The van der Waals surface area contributed by atoms with E-state index in [1.807, 2.05) is 51.2 Å². The third kappa shape index (κ3) is 13.7. The molecule has 2 N–H and O–H groups in total. The number of aromatic nitrogens is 3. The highest BCUT2D eigenvalue weighted by molar-refractivity contribution is 7.60. The van der Waals surface area contributed by atoms with Crippen LogP contribution in [0.2, 0.25) is 0 Å². The summed E-state index contributed by atoms with van der Waals surface area (Å²) in [6.07, 6.45) is 5.19. The molecule has 6 heterocycles. The molecule has 21 heteroatoms. The number of carbonyl (C=O) groups is 4. The number of aryl methyl sites for hydroxylation is 1. The molecule has 0 unspecified atom stereocenters. The summed E-state index contributed by atoms with van der Waals surface area (Å²) in [6, 6.07) is 7.85. The number of piperidine rings is 1. The van der Waals surface area contributed by atoms with Gasteiger partial charge in [-0.15, -0.1) is 11.3 Å². The van der Waals surface area contributed by atoms with Crippen LogP contribution in [0.4, 0.5) is 4.79 Å². The van der Waals surface area contributed by atoms with Crippen LogP contribution in [0.5, 0.6) is 0 Å². The molecule has 6 bridgehead atoms. The van der Waals surface area contributed by atoms with E-state index in [-0.39, 0.29) is 111 Å². The van der Waals surface area contributed by atoms with Gasteiger partial charge in [-0.05, 0) is 95.8 Å². The maximum absolute atomic E-state index is 14.6. The van der Waals surface area contributed by atoms with E-state index in [1.54, 1.807) is 20.4 Å². The average molecular weight is 1070 g/mol. The molecule has 7 rings (SSSR count). The molecule has 4 amide bonds. The van der Waals surface area contributed by atoms with Crippen molar-refractivity contribution in [1.29, 1.82) is 0 Å². The number of fused-ring (bicyclic) bond motifs is 6. The van der Waals surface area contributed by atoms with E-state index in [9.17, 15) is 19.2 Å². The van der Waals surface area contributed by atoms with Gasteiger partial charge in [-0.1, -0.05) is 33.8 Å². The van der Waals surface area contributed by atoms with Crippen LogP contribution in [0.15, 0.2) is 41.9 Å². The van der Waals surface area contributed by atoms with Crippen LogP contribution in [-0.2, 0) is 43.2 Å². The lowest BCUT2D eigenvalue weighted by Crippen LogP contribution is -2.62. The first-order valence-electron chi connectivity index (χ1n) is 22.8. The van der Waals surface area contributed by atoms with Crippen molar-refractivity contribution in [2.75, 3.05) is 54.5 Å². The molecule has 4 aromatic rings. The number of benzene rings is 1. The Morgan fingerprint density at radius 3 is 2.41 bits per heavy atom. The minimum atomic E-state index is -1.04. The lowest BCUT2D eigenvalue weighted by molar-refractivity contribution is -0.155. The number of hydrazine groups is 1. The molecule has 69 heavy (non-hydrogen) atoms. The highest BCUT2D eigenvalue weighted by Gasteiger charge is 2.39. The van der Waals surface area contributed by atoms with Crippen LogP contribution >= 0.6 is 78.8 Å². The summed E-state index contributed by atoms with van der Waals surface area (Å²) in [7, 11) is 7.41. The Balaban J connectivity index is 0.00000327. The van der Waals surface area contributed by atoms with E-state index in [0.29, 0.717) is 50.4 Å². The molecular formula is C48H77N9O6S6. The standard InChI is InChI=1S/C48H67N9O6S.5H2S/c1-11-56-39-19-18-31-23-34(39)35(43(56)33-16-12-20-49-41(33)30(4)62-10)25-48(5,6)28-63-46(60)36-17-14-22-57(52-36)45(59)37(24-40-50-38(31)27-64-40)51-44(58)42(29(2)3)54(9)47(61)55-21-13-15-32(26-55)53(7)8;;;;;/h12,16,18-20,23,27,29-30,32,36-37,42,52H,11,13-15,17,21-22,24-26,28H2,1-10H3,(H,51,58);5*1H2/t30-,32-,36-,37-,42-;;;;;/m0...../s1. The summed E-state index contributed by atoms with van der Waals surface area (Å²) >= 11 is 1.43. The Kier molecular flexibility index (Phi) is 23.8. The lowest BCUT2D eigenvalue weighted by atomic mass is 9.84. The van der Waals surface area contributed by atoms with Crippen LogP contribution in [0, 0.1) is 11.3 Å². The van der Waals surface area contributed by atoms with E-state index in [2.05, 4.69) is 65.2 Å². The summed E-state index contributed by atoms with van der Waals surface area (Å²) in [5.74, 6) is -1.50. The molecule has 0 aliphatic carbocycles. The summed E-state index contributed by atoms with van der Waals surface area (Å²) in [5, 5.41) is 8.25. The molecule has 386 valence electrons. The van der Waals surface area contributed by atoms with E-state index >= 15 is 0 Å². The number of amides is 4. The van der Waals surface area contributed by atoms with Crippen molar-refractivity contribution in [3.8, 4) is 22.5 Å². The number of methoxy groups -OCH3 is 1. The number of urea groups is 1. The fraction of sp³-hybridized carbons (Fsp3) is 0.583. The number of nitrogens with one attached hydrogen (secondary N) is 2. The van der Waals surface area contributed by atoms with Crippen LogP contribution in [-0.4, -0.2) is 137 Å². The fourth-order valence-corrected chi connectivity index (χ4v) is 10.5. The van der Waals surface area contributed by atoms with Gasteiger partial charge in [0.1, 0.15) is 18.1 Å². The lowest BCUT2D eigenvalue weighted by Gasteiger charge is -2.40. The molecule has 2 fully saturated rings. The van der Waals surface area contributed by atoms with Crippen molar-refractivity contribution in [1.82, 2.24) is 45.0 Å². The van der Waals surface area contributed by atoms with Gasteiger partial charge in [0.2, 0.25) is 5.91 Å². The Hall–Kier alpha value is -3.15. The number of hydrogen-bond acceptors (Lipinski definition) is 11. The number of likely N-dealkylation sites (tertiary alicyclic amines) is 1. The fourth-order valence-electron chi connectivity index (χ4n) is 9.64. The molecule has 1 aromatic carbocycles. The van der Waals surface area contributed by atoms with Gasteiger partial charge in [0, 0.05) is 91.8 Å². The van der Waals surface area contributed by atoms with Crippen molar-refractivity contribution < 1.29 is 28.7 Å². The number of pyridine rings is 1. The zero-order valence-electron chi connectivity index (χ0n) is 41.8. The maximum Gasteiger partial charge on any atom is 0.324 e. The topological polar surface area (TPSA) is 154 Å². The van der Waals surface area contributed by atoms with Gasteiger partial charge in [0.05, 0.1) is 34.8 Å². The van der Waals surface area contributed by atoms with Gasteiger partial charge in [-0.2, -0.15) is 67.5 Å². The number of likely N-dealkylation sites (N-methyl/N-ethyl adjacent to an activating group) is 2. The summed E-state index contributed by atoms with van der Waals surface area (Å²) < 4.78 is 14.3. The van der Waals surface area contributed by atoms with Crippen molar-refractivity contribution in [2.45, 2.75) is 117 Å². The van der Waals surface area contributed by atoms with Crippen molar-refractivity contribution >= 4 is 114 Å². The van der Waals surface area contributed by atoms with E-state index < -0.39 is 35.4 Å². The highest BCUT2D eigenvalue weighted by Crippen LogP contribution is 2.42. The predicted octanol–water partition coefficient (Wildman–Crippen LogP) is 6.87. The van der Waals surface area contributed by atoms with Gasteiger partial charge >= 0.3 is 12.0 Å². The quantitative estimate of drug-likeness (QED) is 0.170. The van der Waals surface area contributed by atoms with E-state index in [4.69, 9.17) is 19.4 Å². The smallest absolute Gasteiger partial charge is 0.324 e. The molecule has 3 aliphatic rings. The van der Waals surface area contributed by atoms with Crippen LogP contribution in [0.25, 0.3) is 33.4 Å². The Labute approximate surface area is 447 Å². The molecule has 3 aliphatic heterocycles. The molecule has 3 aromatic heterocycles. The van der Waals surface area contributed by atoms with Gasteiger partial charge in [-0.3, -0.25) is 24.4 Å². The molecule has 2 saturated heterocycles. The highest BCUT2D eigenvalue weighted by atomic mass is 32.1. The monoisotopic (exact) mass is 1070 g/mol. The number of nitrogens with zero attached hydrogens (tertiary/aromatic N) is 7. The Bertz CT molecular complexity index is 2360. The van der Waals surface area contributed by atoms with Crippen LogP contribution < -0.4 is 10.7 Å². The van der Waals surface area contributed by atoms with Crippen molar-refractivity contribution in [3.63, 3.8) is 0 Å². The number of ether oxygens (including phenoxy) is 2. The number of thiazole rings is 1. The third-order valence-electron chi connectivity index (χ3n) is 13.2. The molecule has 0 spiro atoms. The van der Waals surface area contributed by atoms with Gasteiger partial charge in [0.25, 0.3) is 5.91 Å². The Morgan fingerprint density at radius 1 is 1.03 bits per heavy atom. The maximum atomic E-state index is 14.6. The second-order valence-electron chi connectivity index (χ2n) is 19.1. The molecular weight excluding hydrogens is 991 g/mol. The number of hydrogen-bond donors (Lipinski definition) is 2. The van der Waals surface area contributed by atoms with E-state index in [1.165, 1.54) is 21.2 Å². The Morgan fingerprint density at radius 2 is 1.74 bits per heavy atom. The molecule has 5 atom stereocenters. The number of esters is 1. The summed E-state index contributed by atoms with van der Waals surface area (Å²) in [6.45, 7) is 14.6. The largest absolute Gasteiger partial charge is 0.464 e. The third-order valence-corrected chi connectivity index (χ3v) is 14.0. The van der Waals surface area contributed by atoms with Crippen LogP contribution in [0.3, 0.4) is 0 Å². The van der Waals surface area contributed by atoms with Crippen molar-refractivity contribution in [3.05, 3.63) is 58.2 Å². The van der Waals surface area contributed by atoms with Gasteiger partial charge in [-0.25, -0.2) is 15.2 Å². The summed E-state index contributed by atoms with van der Waals surface area (Å²) in [4.78, 5) is 72.4. The first-order chi connectivity index (χ1) is 30.5. The minimum absolute atomic E-state index is 0. The molecule has 0 radical (unpaired) electrons. The van der Waals surface area contributed by atoms with Crippen LogP contribution in [0.1, 0.15) is 89.6 Å². The van der Waals surface area contributed by atoms with Gasteiger partial charge in [0.15, 0.2) is 0 Å². The summed E-state index contributed by atoms with van der Waals surface area (Å²) in [5.41, 5.74) is 9.41. The predicted molar refractivity (Wildman–Crippen MR) is 301 cm³/mol. The molecule has 15 nitrogen and oxygen atoms in total. The first kappa shape index (κ1) is 62.0. The SMILES string of the molecule is CCn1c(-c2cccnc2[C@H](C)OC)c2c3cc(ccc31)-c1csc(n1)C[C@H](NC(=O)[C@H](C(C)C)N(C)C(=O)N1CCC[C@H](N(C)C)C1)C(=O)N1CCC[C@H](N1)C(=O)OCC(C)(C)C2.S.S.S.S.S. The first-order valence-corrected chi connectivity index (χ1v) is 23.7. The number of rotatable bonds is 9. The zero-order chi connectivity index (χ0) is 46.0. The second kappa shape index (κ2) is 26.5.